The largest absolute Gasteiger partial charge is 0.506 e. The van der Waals surface area contributed by atoms with Crippen LogP contribution in [0.25, 0.3) is 5.76 Å². The summed E-state index contributed by atoms with van der Waals surface area (Å²) in [6, 6.07) is 14.2. The molecule has 1 N–H and O–H groups in total. The number of rotatable bonds is 7. The molecule has 34 heavy (non-hydrogen) atoms. The van der Waals surface area contributed by atoms with E-state index in [0.29, 0.717) is 41.1 Å². The van der Waals surface area contributed by atoms with Crippen LogP contribution in [0.1, 0.15) is 30.0 Å². The van der Waals surface area contributed by atoms with Crippen molar-refractivity contribution in [3.05, 3.63) is 77.3 Å². The van der Waals surface area contributed by atoms with Gasteiger partial charge in [0.1, 0.15) is 46.1 Å². The summed E-state index contributed by atoms with van der Waals surface area (Å²) in [4.78, 5) is 27.9. The fourth-order valence-electron chi connectivity index (χ4n) is 4.06. The number of amides is 1. The van der Waals surface area contributed by atoms with Gasteiger partial charge in [-0.3, -0.25) is 14.5 Å². The Bertz CT molecular complexity index is 1230. The number of benzene rings is 2. The van der Waals surface area contributed by atoms with Gasteiger partial charge in [0.15, 0.2) is 0 Å². The average molecular weight is 463 g/mol. The smallest absolute Gasteiger partial charge is 0.300 e. The molecular formula is C26H25NO7. The number of aryl methyl sites for hydroxylation is 1. The molecule has 2 heterocycles. The highest BCUT2D eigenvalue weighted by Gasteiger charge is 2.49. The first-order valence-corrected chi connectivity index (χ1v) is 10.7. The summed E-state index contributed by atoms with van der Waals surface area (Å²) in [7, 11) is 2.88. The lowest BCUT2D eigenvalue weighted by Gasteiger charge is -2.24. The highest BCUT2D eigenvalue weighted by Crippen LogP contribution is 2.45. The Hall–Kier alpha value is -4.20. The lowest BCUT2D eigenvalue weighted by molar-refractivity contribution is -0.132. The quantitative estimate of drug-likeness (QED) is 0.310. The van der Waals surface area contributed by atoms with Crippen LogP contribution >= 0.6 is 0 Å². The van der Waals surface area contributed by atoms with Crippen molar-refractivity contribution in [1.29, 1.82) is 0 Å². The van der Waals surface area contributed by atoms with E-state index in [9.17, 15) is 14.7 Å². The molecule has 2 aromatic carbocycles. The number of methoxy groups -OCH3 is 2. The van der Waals surface area contributed by atoms with Crippen molar-refractivity contribution in [2.24, 2.45) is 0 Å². The molecule has 1 amide bonds. The predicted octanol–water partition coefficient (Wildman–Crippen LogP) is 4.63. The van der Waals surface area contributed by atoms with Gasteiger partial charge in [-0.15, -0.1) is 0 Å². The van der Waals surface area contributed by atoms with E-state index in [1.165, 1.54) is 19.1 Å². The van der Waals surface area contributed by atoms with Crippen LogP contribution < -0.4 is 19.1 Å². The number of nitrogens with zero attached hydrogens (tertiary/aromatic N) is 1. The summed E-state index contributed by atoms with van der Waals surface area (Å²) < 4.78 is 22.1. The van der Waals surface area contributed by atoms with Crippen LogP contribution in [-0.2, 0) is 9.59 Å². The molecule has 3 aromatic rings. The third-order valence-electron chi connectivity index (χ3n) is 5.57. The molecule has 1 saturated heterocycles. The van der Waals surface area contributed by atoms with Crippen molar-refractivity contribution in [2.75, 3.05) is 25.7 Å². The van der Waals surface area contributed by atoms with Crippen molar-refractivity contribution in [3.8, 4) is 17.2 Å². The number of aliphatic hydroxyl groups excluding tert-OH is 1. The molecule has 0 aliphatic carbocycles. The molecule has 176 valence electrons. The van der Waals surface area contributed by atoms with Crippen molar-refractivity contribution < 1.29 is 33.3 Å². The number of furan rings is 1. The summed E-state index contributed by atoms with van der Waals surface area (Å²) in [6.07, 6.45) is 0. The van der Waals surface area contributed by atoms with Crippen LogP contribution in [0.3, 0.4) is 0 Å². The summed E-state index contributed by atoms with van der Waals surface area (Å²) in [5.74, 6) is 0.0873. The molecule has 1 fully saturated rings. The molecular weight excluding hydrogens is 438 g/mol. The third-order valence-corrected chi connectivity index (χ3v) is 5.57. The molecule has 1 aliphatic rings. The lowest BCUT2D eigenvalue weighted by Crippen LogP contribution is -2.29. The molecule has 8 heteroatoms. The topological polar surface area (TPSA) is 98.4 Å². The van der Waals surface area contributed by atoms with Gasteiger partial charge in [0.05, 0.1) is 26.4 Å². The number of ketones is 1. The van der Waals surface area contributed by atoms with E-state index in [0.717, 1.165) is 0 Å². The first-order valence-electron chi connectivity index (χ1n) is 10.7. The number of Topliss-reactive ketones (excluding diaryl/α,β-unsaturated/α-hetero) is 1. The molecule has 1 atom stereocenters. The second kappa shape index (κ2) is 9.35. The third kappa shape index (κ3) is 3.87. The Balaban J connectivity index is 1.94. The Morgan fingerprint density at radius 1 is 1.00 bits per heavy atom. The number of hydrogen-bond acceptors (Lipinski definition) is 7. The van der Waals surface area contributed by atoms with E-state index in [1.54, 1.807) is 61.5 Å². The molecule has 8 nitrogen and oxygen atoms in total. The fourth-order valence-corrected chi connectivity index (χ4v) is 4.06. The standard InChI is InChI=1S/C26H25NO7/c1-5-33-17-12-10-16(11-13-17)27-23(20-14-9-15(2)34-20)22(25(29)26(27)30)24(28)21-18(31-3)7-6-8-19(21)32-4/h6-14,23,28H,5H2,1-4H3/b24-22+. The summed E-state index contributed by atoms with van der Waals surface area (Å²) in [6.45, 7) is 4.13. The monoisotopic (exact) mass is 463 g/mol. The van der Waals surface area contributed by atoms with E-state index < -0.39 is 23.5 Å². The van der Waals surface area contributed by atoms with E-state index in [4.69, 9.17) is 18.6 Å². The van der Waals surface area contributed by atoms with Crippen molar-refractivity contribution in [2.45, 2.75) is 19.9 Å². The molecule has 1 aromatic heterocycles. The van der Waals surface area contributed by atoms with Crippen LogP contribution in [0.5, 0.6) is 17.2 Å². The van der Waals surface area contributed by atoms with E-state index in [2.05, 4.69) is 0 Å². The number of ether oxygens (including phenoxy) is 3. The zero-order valence-electron chi connectivity index (χ0n) is 19.3. The van der Waals surface area contributed by atoms with E-state index >= 15 is 0 Å². The maximum atomic E-state index is 13.3. The van der Waals surface area contributed by atoms with Crippen molar-refractivity contribution in [3.63, 3.8) is 0 Å². The molecule has 4 rings (SSSR count). The maximum absolute atomic E-state index is 13.3. The average Bonchev–Trinajstić information content (AvgIpc) is 3.39. The van der Waals surface area contributed by atoms with Gasteiger partial charge in [0.25, 0.3) is 11.7 Å². The molecule has 0 spiro atoms. The first kappa shape index (κ1) is 23.0. The van der Waals surface area contributed by atoms with Crippen LogP contribution in [0.15, 0.2) is 64.6 Å². The Morgan fingerprint density at radius 2 is 1.65 bits per heavy atom. The van der Waals surface area contributed by atoms with Crippen LogP contribution in [0.2, 0.25) is 0 Å². The summed E-state index contributed by atoms with van der Waals surface area (Å²) >= 11 is 0. The number of carbonyl (C=O) groups is 2. The lowest BCUT2D eigenvalue weighted by atomic mass is 9.98. The molecule has 0 saturated carbocycles. The number of anilines is 1. The molecule has 0 bridgehead atoms. The second-order valence-corrected chi connectivity index (χ2v) is 7.58. The normalized spacial score (nSPS) is 17.2. The van der Waals surface area contributed by atoms with Gasteiger partial charge in [-0.05, 0) is 62.4 Å². The zero-order chi connectivity index (χ0) is 24.4. The summed E-state index contributed by atoms with van der Waals surface area (Å²) in [5.41, 5.74) is 0.497. The van der Waals surface area contributed by atoms with Gasteiger partial charge in [-0.1, -0.05) is 6.07 Å². The van der Waals surface area contributed by atoms with Gasteiger partial charge >= 0.3 is 0 Å². The zero-order valence-corrected chi connectivity index (χ0v) is 19.3. The first-order chi connectivity index (χ1) is 16.4. The maximum Gasteiger partial charge on any atom is 0.300 e. The van der Waals surface area contributed by atoms with Crippen LogP contribution in [0, 0.1) is 6.92 Å². The number of hydrogen-bond donors (Lipinski definition) is 1. The van der Waals surface area contributed by atoms with Crippen LogP contribution in [-0.4, -0.2) is 37.6 Å². The Morgan fingerprint density at radius 3 is 2.18 bits per heavy atom. The molecule has 0 radical (unpaired) electrons. The fraction of sp³-hybridized carbons (Fsp3) is 0.231. The van der Waals surface area contributed by atoms with Crippen molar-refractivity contribution in [1.82, 2.24) is 0 Å². The summed E-state index contributed by atoms with van der Waals surface area (Å²) in [5, 5.41) is 11.4. The number of aliphatic hydroxyl groups is 1. The highest BCUT2D eigenvalue weighted by molar-refractivity contribution is 6.51. The van der Waals surface area contributed by atoms with Gasteiger partial charge in [-0.2, -0.15) is 0 Å². The predicted molar refractivity (Wildman–Crippen MR) is 125 cm³/mol. The second-order valence-electron chi connectivity index (χ2n) is 7.58. The van der Waals surface area contributed by atoms with Crippen LogP contribution in [0.4, 0.5) is 5.69 Å². The van der Waals surface area contributed by atoms with Gasteiger partial charge in [0.2, 0.25) is 0 Å². The Kier molecular flexibility index (Phi) is 6.32. The van der Waals surface area contributed by atoms with Gasteiger partial charge < -0.3 is 23.7 Å². The van der Waals surface area contributed by atoms with Crippen molar-refractivity contribution >= 4 is 23.1 Å². The van der Waals surface area contributed by atoms with Gasteiger partial charge in [0, 0.05) is 5.69 Å². The Labute approximate surface area is 197 Å². The number of carbonyl (C=O) groups excluding carboxylic acids is 2. The SMILES string of the molecule is CCOc1ccc(N2C(=O)C(=O)/C(=C(/O)c3c(OC)cccc3OC)C2c2ccc(C)o2)cc1. The molecule has 1 unspecified atom stereocenters. The molecule has 1 aliphatic heterocycles. The van der Waals surface area contributed by atoms with E-state index in [1.807, 2.05) is 6.92 Å². The van der Waals surface area contributed by atoms with E-state index in [-0.39, 0.29) is 11.1 Å². The minimum absolute atomic E-state index is 0.129. The minimum atomic E-state index is -0.999. The highest BCUT2D eigenvalue weighted by atomic mass is 16.5. The minimum Gasteiger partial charge on any atom is -0.506 e. The van der Waals surface area contributed by atoms with Gasteiger partial charge in [-0.25, -0.2) is 0 Å².